The molecule has 630 valence electrons. The van der Waals surface area contributed by atoms with Gasteiger partial charge in [0.2, 0.25) is 0 Å². The Kier molecular flexibility index (Phi) is 18.4. The summed E-state index contributed by atoms with van der Waals surface area (Å²) < 4.78 is 4.82. The Morgan fingerprint density at radius 3 is 0.949 bits per heavy atom. The summed E-state index contributed by atoms with van der Waals surface area (Å²) in [6, 6.07) is 187. The van der Waals surface area contributed by atoms with Crippen LogP contribution in [0.4, 0.5) is 0 Å². The summed E-state index contributed by atoms with van der Waals surface area (Å²) in [6.45, 7) is 0. The maximum absolute atomic E-state index is 2.45. The van der Waals surface area contributed by atoms with E-state index in [0.29, 0.717) is 0 Å². The molecule has 0 atom stereocenters. The first kappa shape index (κ1) is 78.1. The third-order valence-corrected chi connectivity index (χ3v) is 28.9. The third-order valence-electron chi connectivity index (χ3n) is 28.9. The van der Waals surface area contributed by atoms with Gasteiger partial charge in [-0.1, -0.05) is 406 Å². The number of benzene rings is 27. The van der Waals surface area contributed by atoms with E-state index >= 15 is 0 Å². The summed E-state index contributed by atoms with van der Waals surface area (Å²) in [6.07, 6.45) is 0. The number of fused-ring (bicyclic) bond motifs is 31. The lowest BCUT2D eigenvalue weighted by Gasteiger charge is -2.17. The van der Waals surface area contributed by atoms with Crippen molar-refractivity contribution in [2.24, 2.45) is 0 Å². The van der Waals surface area contributed by atoms with Gasteiger partial charge in [-0.05, 0) is 321 Å². The highest BCUT2D eigenvalue weighted by molar-refractivity contribution is 6.38. The van der Waals surface area contributed by atoms with Gasteiger partial charge in [0.1, 0.15) is 0 Å². The number of rotatable bonds is 8. The monoisotopic (exact) mass is 1720 g/mol. The van der Waals surface area contributed by atoms with Crippen molar-refractivity contribution in [3.8, 4) is 78.1 Å². The molecule has 2 aromatic heterocycles. The normalized spacial score (nSPS) is 11.8. The quantitative estimate of drug-likeness (QED) is 0.106. The second-order valence-electron chi connectivity index (χ2n) is 36.3. The molecule has 0 aliphatic carbocycles. The van der Waals surface area contributed by atoms with E-state index in [9.17, 15) is 0 Å². The molecule has 0 spiro atoms. The van der Waals surface area contributed by atoms with E-state index in [1.165, 1.54) is 273 Å². The molecule has 27 aromatic carbocycles. The zero-order chi connectivity index (χ0) is 89.4. The lowest BCUT2D eigenvalue weighted by molar-refractivity contribution is 1.18. The molecule has 0 unspecified atom stereocenters. The first-order chi connectivity index (χ1) is 67.5. The van der Waals surface area contributed by atoms with Gasteiger partial charge in [-0.25, -0.2) is 0 Å². The van der Waals surface area contributed by atoms with Gasteiger partial charge in [0.05, 0.1) is 22.1 Å². The minimum absolute atomic E-state index is 1.17. The zero-order valence-electron chi connectivity index (χ0n) is 74.4. The molecule has 29 rings (SSSR count). The van der Waals surface area contributed by atoms with Gasteiger partial charge in [0.15, 0.2) is 0 Å². The number of para-hydroxylation sites is 4. The Morgan fingerprint density at radius 2 is 0.404 bits per heavy atom. The highest BCUT2D eigenvalue weighted by Gasteiger charge is 2.24. The molecule has 0 fully saturated rings. The van der Waals surface area contributed by atoms with Gasteiger partial charge >= 0.3 is 0 Å². The molecule has 0 saturated heterocycles. The van der Waals surface area contributed by atoms with Crippen LogP contribution in [0.3, 0.4) is 0 Å². The Hall–Kier alpha value is -17.8. The van der Waals surface area contributed by atoms with Crippen molar-refractivity contribution in [1.82, 2.24) is 9.13 Å². The van der Waals surface area contributed by atoms with Crippen molar-refractivity contribution in [2.75, 3.05) is 0 Å². The van der Waals surface area contributed by atoms with Gasteiger partial charge in [-0.3, -0.25) is 0 Å². The summed E-state index contributed by atoms with van der Waals surface area (Å²) >= 11 is 0. The maximum Gasteiger partial charge on any atom is 0.0547 e. The van der Waals surface area contributed by atoms with Crippen LogP contribution in [0, 0.1) is 0 Å². The van der Waals surface area contributed by atoms with E-state index in [1.54, 1.807) is 0 Å². The smallest absolute Gasteiger partial charge is 0.0547 e. The Morgan fingerprint density at radius 1 is 0.103 bits per heavy atom. The molecule has 0 saturated carbocycles. The van der Waals surface area contributed by atoms with Crippen LogP contribution >= 0.6 is 0 Å². The van der Waals surface area contributed by atoms with E-state index in [2.05, 4.69) is 519 Å². The summed E-state index contributed by atoms with van der Waals surface area (Å²) in [7, 11) is 0. The molecule has 0 aliphatic heterocycles. The summed E-state index contributed by atoms with van der Waals surface area (Å²) in [5, 5.41) is 41.3. The molecule has 0 amide bonds. The van der Waals surface area contributed by atoms with Gasteiger partial charge in [0, 0.05) is 32.9 Å². The number of hydrogen-bond donors (Lipinski definition) is 0. The maximum atomic E-state index is 2.45. The molecule has 0 radical (unpaired) electrons. The van der Waals surface area contributed by atoms with Gasteiger partial charge in [-0.2, -0.15) is 0 Å². The van der Waals surface area contributed by atoms with Crippen LogP contribution in [-0.4, -0.2) is 9.13 Å². The number of nitrogens with zero attached hydrogens (tertiary/aromatic N) is 2. The average molecular weight is 1720 g/mol. The molecule has 2 heteroatoms. The largest absolute Gasteiger partial charge is 0.309 e. The molecule has 2 heterocycles. The standard InChI is InChI=1S/C46H30.2C44H27N/c1-3-12-31(13-4-1)34-17-11-18-35(26-34)37-28-38-27-36(23-24-40(38)44(29-37)32-14-5-2-6-15-32)45-30-46-39-19-8-7-16-33(39)22-25-43(46)41-20-9-10-21-42(41)45;1-2-13-30(14-3-1)45-41-21-11-10-18-34(41)35-24-23-29(26-42(35)45)39-27-40-33-17-7-9-20-37(33)43-31-15-5-4-12-28(31)22-25-38(43)44(40)36-19-8-6-16-32(36)39;1-2-14-31(15-3-1)45-42-21-11-10-19-35(42)36-23-22-30(26-43(36)45)38-27-41-33-17-7-6-16-32(33)39-24-28-12-4-5-13-29(28)25-40(39)44(41)37-20-9-8-18-34(37)38/h1-30H;2*1-27H. The molecular formula is C134H84N2. The van der Waals surface area contributed by atoms with Crippen LogP contribution in [0.2, 0.25) is 0 Å². The van der Waals surface area contributed by atoms with Crippen LogP contribution in [0.5, 0.6) is 0 Å². The molecule has 29 aromatic rings. The predicted molar refractivity (Wildman–Crippen MR) is 586 cm³/mol. The lowest BCUT2D eigenvalue weighted by atomic mass is 9.86. The molecular weight excluding hydrogens is 1640 g/mol. The van der Waals surface area contributed by atoms with Crippen molar-refractivity contribution in [1.29, 1.82) is 0 Å². The van der Waals surface area contributed by atoms with Gasteiger partial charge < -0.3 is 9.13 Å². The lowest BCUT2D eigenvalue weighted by Crippen LogP contribution is -1.93. The van der Waals surface area contributed by atoms with E-state index in [1.807, 2.05) is 0 Å². The summed E-state index contributed by atoms with van der Waals surface area (Å²) in [4.78, 5) is 0. The van der Waals surface area contributed by atoms with Crippen LogP contribution in [-0.2, 0) is 0 Å². The molecule has 0 bridgehead atoms. The van der Waals surface area contributed by atoms with Crippen molar-refractivity contribution < 1.29 is 0 Å². The zero-order valence-corrected chi connectivity index (χ0v) is 74.4. The Balaban J connectivity index is 0.000000103. The third kappa shape index (κ3) is 12.8. The van der Waals surface area contributed by atoms with Crippen LogP contribution in [0.1, 0.15) is 0 Å². The minimum Gasteiger partial charge on any atom is -0.309 e. The molecule has 0 N–H and O–H groups in total. The SMILES string of the molecule is c1ccc(-c2cccc(-c3cc(-c4ccccc4)c4ccc(-c5cc6c7ccccc7ccc6c6ccccc56)cc4c3)c2)cc1.c1ccc(-n2c3ccccc3c3ccc(-c4cc5c6ccccc6c6c7ccccc7ccc6c5c5ccccc45)cc32)cc1.c1ccc(-n2c3ccccc3c3ccc(-c4cc5c6ccccc6c6cc7ccccc7cc6c5c5ccccc45)cc32)cc1. The van der Waals surface area contributed by atoms with Crippen molar-refractivity contribution >= 4 is 194 Å². The molecule has 136 heavy (non-hydrogen) atoms. The fourth-order valence-corrected chi connectivity index (χ4v) is 22.7. The topological polar surface area (TPSA) is 9.86 Å². The minimum atomic E-state index is 1.17. The van der Waals surface area contributed by atoms with E-state index in [4.69, 9.17) is 0 Å². The Bertz CT molecular complexity index is 9730. The number of aromatic nitrogens is 2. The number of hydrogen-bond acceptors (Lipinski definition) is 0. The van der Waals surface area contributed by atoms with Crippen LogP contribution in [0.25, 0.3) is 273 Å². The second-order valence-corrected chi connectivity index (χ2v) is 36.3. The molecule has 0 aliphatic rings. The summed E-state index contributed by atoms with van der Waals surface area (Å²) in [5.74, 6) is 0. The fraction of sp³-hybridized carbons (Fsp3) is 0. The fourth-order valence-electron chi connectivity index (χ4n) is 22.7. The second kappa shape index (κ2) is 32.0. The van der Waals surface area contributed by atoms with Crippen molar-refractivity contribution in [3.05, 3.63) is 510 Å². The predicted octanol–water partition coefficient (Wildman–Crippen LogP) is 37.4. The van der Waals surface area contributed by atoms with Crippen molar-refractivity contribution in [3.63, 3.8) is 0 Å². The highest BCUT2D eigenvalue weighted by atomic mass is 15.0. The molecule has 2 nitrogen and oxygen atoms in total. The van der Waals surface area contributed by atoms with Crippen LogP contribution < -0.4 is 0 Å². The van der Waals surface area contributed by atoms with Crippen molar-refractivity contribution in [2.45, 2.75) is 0 Å². The first-order valence-electron chi connectivity index (χ1n) is 47.2. The van der Waals surface area contributed by atoms with E-state index in [0.717, 1.165) is 0 Å². The summed E-state index contributed by atoms with van der Waals surface area (Å²) in [5.41, 5.74) is 22.1. The average Bonchev–Trinajstić information content (AvgIpc) is 0.890. The van der Waals surface area contributed by atoms with Crippen LogP contribution in [0.15, 0.2) is 510 Å². The van der Waals surface area contributed by atoms with Gasteiger partial charge in [0.25, 0.3) is 0 Å². The highest BCUT2D eigenvalue weighted by Crippen LogP contribution is 2.50. The first-order valence-corrected chi connectivity index (χ1v) is 47.2. The van der Waals surface area contributed by atoms with Gasteiger partial charge in [-0.15, -0.1) is 0 Å². The van der Waals surface area contributed by atoms with E-state index < -0.39 is 0 Å². The van der Waals surface area contributed by atoms with E-state index in [-0.39, 0.29) is 0 Å². The Labute approximate surface area is 785 Å².